The minimum Gasteiger partial charge on any atom is -0.380 e. The standard InChI is InChI=1S/C13H9BrN2O2S/c14-10-3-4-19-11(10)6-15-7-1-2-8-9(5-7)13(18)16-12(8)17/h1-5,15H,6H2,(H,16,17,18). The summed E-state index contributed by atoms with van der Waals surface area (Å²) in [6.07, 6.45) is 0. The Morgan fingerprint density at radius 3 is 2.68 bits per heavy atom. The van der Waals surface area contributed by atoms with Gasteiger partial charge in [-0.1, -0.05) is 0 Å². The number of anilines is 1. The van der Waals surface area contributed by atoms with Crippen molar-refractivity contribution in [2.75, 3.05) is 5.32 Å². The number of fused-ring (bicyclic) bond motifs is 1. The lowest BCUT2D eigenvalue weighted by Gasteiger charge is -2.06. The van der Waals surface area contributed by atoms with Crippen molar-refractivity contribution in [2.45, 2.75) is 6.54 Å². The molecule has 3 rings (SSSR count). The maximum absolute atomic E-state index is 11.6. The second-order valence-corrected chi connectivity index (χ2v) is 5.94. The Balaban J connectivity index is 1.80. The van der Waals surface area contributed by atoms with Crippen molar-refractivity contribution in [2.24, 2.45) is 0 Å². The number of carbonyl (C=O) groups is 2. The number of rotatable bonds is 3. The zero-order valence-electron chi connectivity index (χ0n) is 9.70. The summed E-state index contributed by atoms with van der Waals surface area (Å²) < 4.78 is 1.07. The molecule has 1 aromatic carbocycles. The van der Waals surface area contributed by atoms with Crippen LogP contribution in [0.1, 0.15) is 25.6 Å². The van der Waals surface area contributed by atoms with Gasteiger partial charge in [-0.2, -0.15) is 0 Å². The highest BCUT2D eigenvalue weighted by molar-refractivity contribution is 9.10. The van der Waals surface area contributed by atoms with E-state index in [1.54, 1.807) is 29.5 Å². The zero-order chi connectivity index (χ0) is 13.4. The third-order valence-electron chi connectivity index (χ3n) is 2.88. The number of amides is 2. The van der Waals surface area contributed by atoms with E-state index in [2.05, 4.69) is 26.6 Å². The molecule has 0 bridgehead atoms. The molecule has 2 N–H and O–H groups in total. The SMILES string of the molecule is O=C1NC(=O)c2cc(NCc3sccc3Br)ccc21. The number of nitrogens with one attached hydrogen (secondary N) is 2. The van der Waals surface area contributed by atoms with Crippen molar-refractivity contribution in [3.8, 4) is 0 Å². The molecule has 2 amide bonds. The molecule has 0 saturated heterocycles. The second-order valence-electron chi connectivity index (χ2n) is 4.09. The fourth-order valence-electron chi connectivity index (χ4n) is 1.91. The first-order valence-electron chi connectivity index (χ1n) is 5.60. The van der Waals surface area contributed by atoms with Gasteiger partial charge in [-0.25, -0.2) is 0 Å². The molecule has 0 fully saturated rings. The normalized spacial score (nSPS) is 13.3. The predicted molar refractivity (Wildman–Crippen MR) is 77.6 cm³/mol. The topological polar surface area (TPSA) is 58.2 Å². The smallest absolute Gasteiger partial charge is 0.259 e. The Kier molecular flexibility index (Phi) is 3.12. The van der Waals surface area contributed by atoms with Crippen LogP contribution in [0.3, 0.4) is 0 Å². The molecule has 96 valence electrons. The average molecular weight is 337 g/mol. The third kappa shape index (κ3) is 2.29. The van der Waals surface area contributed by atoms with E-state index in [0.717, 1.165) is 10.2 Å². The van der Waals surface area contributed by atoms with Crippen LogP contribution in [0, 0.1) is 0 Å². The molecule has 0 aliphatic carbocycles. The molecule has 0 spiro atoms. The molecular weight excluding hydrogens is 328 g/mol. The minimum atomic E-state index is -0.332. The summed E-state index contributed by atoms with van der Waals surface area (Å²) in [6, 6.07) is 7.17. The zero-order valence-corrected chi connectivity index (χ0v) is 12.1. The first-order valence-corrected chi connectivity index (χ1v) is 7.28. The average Bonchev–Trinajstić information content (AvgIpc) is 2.92. The van der Waals surface area contributed by atoms with Crippen LogP contribution in [-0.2, 0) is 6.54 Å². The Labute approximate surface area is 122 Å². The number of thiophene rings is 1. The number of hydrogen-bond donors (Lipinski definition) is 2. The number of hydrogen-bond acceptors (Lipinski definition) is 4. The van der Waals surface area contributed by atoms with Gasteiger partial charge in [0.2, 0.25) is 0 Å². The Hall–Kier alpha value is -1.66. The van der Waals surface area contributed by atoms with E-state index in [4.69, 9.17) is 0 Å². The summed E-state index contributed by atoms with van der Waals surface area (Å²) in [5.41, 5.74) is 1.69. The largest absolute Gasteiger partial charge is 0.380 e. The minimum absolute atomic E-state index is 0.326. The summed E-state index contributed by atoms with van der Waals surface area (Å²) in [5, 5.41) is 7.53. The van der Waals surface area contributed by atoms with E-state index in [-0.39, 0.29) is 11.8 Å². The quantitative estimate of drug-likeness (QED) is 0.847. The highest BCUT2D eigenvalue weighted by Gasteiger charge is 2.26. The van der Waals surface area contributed by atoms with E-state index in [1.807, 2.05) is 11.4 Å². The van der Waals surface area contributed by atoms with Crippen molar-refractivity contribution in [1.29, 1.82) is 0 Å². The second kappa shape index (κ2) is 4.79. The van der Waals surface area contributed by atoms with Crippen LogP contribution in [0.4, 0.5) is 5.69 Å². The first-order chi connectivity index (χ1) is 9.15. The molecule has 0 saturated carbocycles. The van der Waals surface area contributed by atoms with E-state index in [9.17, 15) is 9.59 Å². The summed E-state index contributed by atoms with van der Waals surface area (Å²) in [6.45, 7) is 0.673. The maximum Gasteiger partial charge on any atom is 0.259 e. The molecule has 4 nitrogen and oxygen atoms in total. The van der Waals surface area contributed by atoms with Crippen molar-refractivity contribution >= 4 is 44.8 Å². The lowest BCUT2D eigenvalue weighted by molar-refractivity contribution is 0.0879. The fourth-order valence-corrected chi connectivity index (χ4v) is 3.34. The molecule has 0 unspecified atom stereocenters. The van der Waals surface area contributed by atoms with Crippen LogP contribution in [0.15, 0.2) is 34.1 Å². The molecule has 1 aromatic heterocycles. The Bertz CT molecular complexity index is 681. The monoisotopic (exact) mass is 336 g/mol. The molecule has 2 heterocycles. The van der Waals surface area contributed by atoms with E-state index < -0.39 is 0 Å². The summed E-state index contributed by atoms with van der Waals surface area (Å²) in [4.78, 5) is 24.2. The maximum atomic E-state index is 11.6. The summed E-state index contributed by atoms with van der Waals surface area (Å²) in [5.74, 6) is -0.659. The molecule has 0 atom stereocenters. The molecule has 1 aliphatic rings. The van der Waals surface area contributed by atoms with Gasteiger partial charge < -0.3 is 5.32 Å². The van der Waals surface area contributed by atoms with Crippen LogP contribution in [0.2, 0.25) is 0 Å². The van der Waals surface area contributed by atoms with Gasteiger partial charge in [-0.3, -0.25) is 14.9 Å². The Morgan fingerprint density at radius 1 is 1.16 bits per heavy atom. The van der Waals surface area contributed by atoms with Gasteiger partial charge in [0.25, 0.3) is 11.8 Å². The molecular formula is C13H9BrN2O2S. The van der Waals surface area contributed by atoms with E-state index >= 15 is 0 Å². The van der Waals surface area contributed by atoms with Crippen LogP contribution in [0.5, 0.6) is 0 Å². The summed E-state index contributed by atoms with van der Waals surface area (Å²) >= 11 is 5.12. The highest BCUT2D eigenvalue weighted by Crippen LogP contribution is 2.25. The van der Waals surface area contributed by atoms with Gasteiger partial charge in [0, 0.05) is 15.0 Å². The number of carbonyl (C=O) groups excluding carboxylic acids is 2. The van der Waals surface area contributed by atoms with Gasteiger partial charge in [0.05, 0.1) is 17.7 Å². The van der Waals surface area contributed by atoms with Gasteiger partial charge in [-0.15, -0.1) is 11.3 Å². The molecule has 0 radical (unpaired) electrons. The molecule has 2 aromatic rings. The van der Waals surface area contributed by atoms with Crippen LogP contribution in [-0.4, -0.2) is 11.8 Å². The van der Waals surface area contributed by atoms with Crippen LogP contribution in [0.25, 0.3) is 0 Å². The highest BCUT2D eigenvalue weighted by atomic mass is 79.9. The number of benzene rings is 1. The van der Waals surface area contributed by atoms with E-state index in [0.29, 0.717) is 17.7 Å². The van der Waals surface area contributed by atoms with Crippen LogP contribution < -0.4 is 10.6 Å². The van der Waals surface area contributed by atoms with Gasteiger partial charge in [-0.05, 0) is 45.6 Å². The molecule has 1 aliphatic heterocycles. The predicted octanol–water partition coefficient (Wildman–Crippen LogP) is 3.01. The van der Waals surface area contributed by atoms with Crippen molar-refractivity contribution in [1.82, 2.24) is 5.32 Å². The number of imide groups is 1. The van der Waals surface area contributed by atoms with Gasteiger partial charge in [0.15, 0.2) is 0 Å². The molecule has 19 heavy (non-hydrogen) atoms. The lowest BCUT2D eigenvalue weighted by atomic mass is 10.1. The Morgan fingerprint density at radius 2 is 1.95 bits per heavy atom. The lowest BCUT2D eigenvalue weighted by Crippen LogP contribution is -2.19. The van der Waals surface area contributed by atoms with Crippen molar-refractivity contribution in [3.63, 3.8) is 0 Å². The van der Waals surface area contributed by atoms with Crippen molar-refractivity contribution < 1.29 is 9.59 Å². The van der Waals surface area contributed by atoms with Gasteiger partial charge in [0.1, 0.15) is 0 Å². The van der Waals surface area contributed by atoms with Crippen molar-refractivity contribution in [3.05, 3.63) is 50.1 Å². The first kappa shape index (κ1) is 12.4. The number of halogens is 1. The fraction of sp³-hybridized carbons (Fsp3) is 0.0769. The van der Waals surface area contributed by atoms with E-state index in [1.165, 1.54) is 4.88 Å². The summed E-state index contributed by atoms with van der Waals surface area (Å²) in [7, 11) is 0. The molecule has 6 heteroatoms. The van der Waals surface area contributed by atoms with Gasteiger partial charge >= 0.3 is 0 Å². The van der Waals surface area contributed by atoms with Crippen LogP contribution >= 0.6 is 27.3 Å². The third-order valence-corrected chi connectivity index (χ3v) is 4.81.